The fourth-order valence-electron chi connectivity index (χ4n) is 1.95. The van der Waals surface area contributed by atoms with E-state index in [1.165, 1.54) is 18.3 Å². The molecule has 0 aliphatic carbocycles. The molecule has 0 spiro atoms. The van der Waals surface area contributed by atoms with E-state index in [4.69, 9.17) is 10.6 Å². The summed E-state index contributed by atoms with van der Waals surface area (Å²) < 4.78 is 31.9. The van der Waals surface area contributed by atoms with Crippen LogP contribution < -0.4 is 16.0 Å². The molecule has 0 amide bonds. The van der Waals surface area contributed by atoms with Gasteiger partial charge in [-0.2, -0.15) is 0 Å². The van der Waals surface area contributed by atoms with Crippen LogP contribution in [0.5, 0.6) is 0 Å². The Kier molecular flexibility index (Phi) is 4.70. The summed E-state index contributed by atoms with van der Waals surface area (Å²) in [6.07, 6.45) is 3.18. The highest BCUT2D eigenvalue weighted by Crippen LogP contribution is 2.16. The van der Waals surface area contributed by atoms with E-state index >= 15 is 0 Å². The van der Waals surface area contributed by atoms with Gasteiger partial charge < -0.3 is 10.2 Å². The van der Waals surface area contributed by atoms with E-state index in [1.54, 1.807) is 0 Å². The van der Waals surface area contributed by atoms with E-state index in [0.29, 0.717) is 18.3 Å². The number of nitrogens with two attached hydrogens (primary N) is 1. The molecule has 1 unspecified atom stereocenters. The van der Waals surface area contributed by atoms with E-state index in [9.17, 15) is 8.42 Å². The van der Waals surface area contributed by atoms with Crippen molar-refractivity contribution in [3.8, 4) is 0 Å². The molecule has 19 heavy (non-hydrogen) atoms. The summed E-state index contributed by atoms with van der Waals surface area (Å²) in [4.78, 5) is 4.02. The fourth-order valence-corrected chi connectivity index (χ4v) is 3.01. The number of pyridine rings is 1. The van der Waals surface area contributed by atoms with Crippen LogP contribution in [0.2, 0.25) is 0 Å². The Balaban J connectivity index is 1.93. The highest BCUT2D eigenvalue weighted by Gasteiger charge is 2.18. The van der Waals surface area contributed by atoms with Gasteiger partial charge in [0.25, 0.3) is 0 Å². The molecule has 0 aromatic carbocycles. The van der Waals surface area contributed by atoms with Gasteiger partial charge in [-0.25, -0.2) is 24.0 Å². The van der Waals surface area contributed by atoms with Crippen LogP contribution in [0.4, 0.5) is 5.82 Å². The van der Waals surface area contributed by atoms with Crippen LogP contribution in [0, 0.1) is 5.92 Å². The average Bonchev–Trinajstić information content (AvgIpc) is 2.92. The van der Waals surface area contributed by atoms with Crippen molar-refractivity contribution < 1.29 is 13.2 Å². The van der Waals surface area contributed by atoms with Crippen molar-refractivity contribution in [1.29, 1.82) is 0 Å². The normalized spacial score (nSPS) is 19.5. The number of anilines is 1. The molecule has 1 aliphatic heterocycles. The highest BCUT2D eigenvalue weighted by molar-refractivity contribution is 7.89. The van der Waals surface area contributed by atoms with Crippen molar-refractivity contribution in [2.45, 2.75) is 17.7 Å². The number of sulfonamides is 1. The van der Waals surface area contributed by atoms with Crippen LogP contribution in [-0.4, -0.2) is 33.2 Å². The number of rotatable bonds is 6. The first-order valence-corrected chi connectivity index (χ1v) is 7.60. The third kappa shape index (κ3) is 3.87. The Bertz CT molecular complexity index is 514. The predicted octanol–water partition coefficient (Wildman–Crippen LogP) is 0.0721. The maximum absolute atomic E-state index is 12.0. The second kappa shape index (κ2) is 6.29. The van der Waals surface area contributed by atoms with Crippen LogP contribution >= 0.6 is 0 Å². The van der Waals surface area contributed by atoms with Gasteiger partial charge in [-0.3, -0.25) is 0 Å². The monoisotopic (exact) mass is 286 g/mol. The van der Waals surface area contributed by atoms with E-state index in [1.807, 2.05) is 0 Å². The molecule has 1 saturated heterocycles. The van der Waals surface area contributed by atoms with Gasteiger partial charge in [0.05, 0.1) is 4.90 Å². The molecule has 0 saturated carbocycles. The Labute approximate surface area is 112 Å². The van der Waals surface area contributed by atoms with Crippen molar-refractivity contribution in [3.63, 3.8) is 0 Å². The van der Waals surface area contributed by atoms with E-state index < -0.39 is 10.0 Å². The second-order valence-corrected chi connectivity index (χ2v) is 6.20. The summed E-state index contributed by atoms with van der Waals surface area (Å²) >= 11 is 0. The van der Waals surface area contributed by atoms with Crippen LogP contribution in [-0.2, 0) is 14.8 Å². The maximum Gasteiger partial charge on any atom is 0.240 e. The minimum absolute atomic E-state index is 0.151. The van der Waals surface area contributed by atoms with Crippen molar-refractivity contribution in [1.82, 2.24) is 9.71 Å². The molecule has 1 aliphatic rings. The lowest BCUT2D eigenvalue weighted by Gasteiger charge is -2.10. The number of ether oxygens (including phenoxy) is 1. The summed E-state index contributed by atoms with van der Waals surface area (Å²) in [5, 5.41) is 0. The number of nitrogen functional groups attached to an aromatic ring is 1. The smallest absolute Gasteiger partial charge is 0.240 e. The molecule has 0 radical (unpaired) electrons. The third-order valence-electron chi connectivity index (χ3n) is 3.06. The minimum Gasteiger partial charge on any atom is -0.381 e. The Hall–Kier alpha value is -1.22. The lowest BCUT2D eigenvalue weighted by Crippen LogP contribution is -2.26. The molecule has 1 aromatic rings. The van der Waals surface area contributed by atoms with Gasteiger partial charge in [-0.1, -0.05) is 0 Å². The van der Waals surface area contributed by atoms with Crippen molar-refractivity contribution >= 4 is 15.8 Å². The molecule has 8 heteroatoms. The molecular formula is C11H18N4O3S. The lowest BCUT2D eigenvalue weighted by molar-refractivity contribution is 0.184. The molecule has 0 bridgehead atoms. The lowest BCUT2D eigenvalue weighted by atomic mass is 10.1. The largest absolute Gasteiger partial charge is 0.381 e. The summed E-state index contributed by atoms with van der Waals surface area (Å²) in [5.41, 5.74) is 2.32. The van der Waals surface area contributed by atoms with E-state index in [2.05, 4.69) is 15.1 Å². The summed E-state index contributed by atoms with van der Waals surface area (Å²) in [5.74, 6) is 5.96. The quantitative estimate of drug-likeness (QED) is 0.505. The standard InChI is InChI=1S/C11H18N4O3S/c12-15-11-7-10(2-4-13-11)19(16,17)14-5-1-9-3-6-18-8-9/h2,4,7,9,14H,1,3,5-6,8,12H2,(H,13,15). The zero-order valence-corrected chi connectivity index (χ0v) is 11.3. The number of nitrogens with zero attached hydrogens (tertiary/aromatic N) is 1. The second-order valence-electron chi connectivity index (χ2n) is 4.44. The first-order valence-electron chi connectivity index (χ1n) is 6.12. The Morgan fingerprint density at radius 1 is 1.53 bits per heavy atom. The van der Waals surface area contributed by atoms with Crippen LogP contribution in [0.1, 0.15) is 12.8 Å². The van der Waals surface area contributed by atoms with Crippen LogP contribution in [0.15, 0.2) is 23.2 Å². The summed E-state index contributed by atoms with van der Waals surface area (Å²) in [7, 11) is -3.51. The van der Waals surface area contributed by atoms with Crippen molar-refractivity contribution in [2.24, 2.45) is 11.8 Å². The van der Waals surface area contributed by atoms with Crippen molar-refractivity contribution in [2.75, 3.05) is 25.2 Å². The molecule has 106 valence electrons. The van der Waals surface area contributed by atoms with Gasteiger partial charge in [-0.15, -0.1) is 0 Å². The van der Waals surface area contributed by atoms with Crippen LogP contribution in [0.3, 0.4) is 0 Å². The van der Waals surface area contributed by atoms with Gasteiger partial charge >= 0.3 is 0 Å². The van der Waals surface area contributed by atoms with Gasteiger partial charge in [0.2, 0.25) is 10.0 Å². The SMILES string of the molecule is NNc1cc(S(=O)(=O)NCCC2CCOC2)ccn1. The molecular weight excluding hydrogens is 268 g/mol. The molecule has 1 fully saturated rings. The maximum atomic E-state index is 12.0. The van der Waals surface area contributed by atoms with E-state index in [0.717, 1.165) is 26.1 Å². The molecule has 2 rings (SSSR count). The zero-order chi connectivity index (χ0) is 13.7. The Morgan fingerprint density at radius 3 is 3.05 bits per heavy atom. The highest BCUT2D eigenvalue weighted by atomic mass is 32.2. The Morgan fingerprint density at radius 2 is 2.37 bits per heavy atom. The predicted molar refractivity (Wildman–Crippen MR) is 70.8 cm³/mol. The molecule has 7 nitrogen and oxygen atoms in total. The fraction of sp³-hybridized carbons (Fsp3) is 0.545. The molecule has 1 aromatic heterocycles. The number of hydrazine groups is 1. The molecule has 2 heterocycles. The third-order valence-corrected chi connectivity index (χ3v) is 4.52. The van der Waals surface area contributed by atoms with Crippen molar-refractivity contribution in [3.05, 3.63) is 18.3 Å². The number of hydrogen-bond donors (Lipinski definition) is 3. The first-order chi connectivity index (χ1) is 9.12. The zero-order valence-electron chi connectivity index (χ0n) is 10.5. The summed E-state index contributed by atoms with van der Waals surface area (Å²) in [6.45, 7) is 1.90. The summed E-state index contributed by atoms with van der Waals surface area (Å²) in [6, 6.07) is 2.82. The van der Waals surface area contributed by atoms with Crippen LogP contribution in [0.25, 0.3) is 0 Å². The molecule has 4 N–H and O–H groups in total. The van der Waals surface area contributed by atoms with Gasteiger partial charge in [0.15, 0.2) is 0 Å². The topological polar surface area (TPSA) is 106 Å². The first kappa shape index (κ1) is 14.2. The minimum atomic E-state index is -3.51. The van der Waals surface area contributed by atoms with Gasteiger partial charge in [-0.05, 0) is 24.8 Å². The van der Waals surface area contributed by atoms with Gasteiger partial charge in [0.1, 0.15) is 5.82 Å². The number of nitrogens with one attached hydrogen (secondary N) is 2. The number of hydrogen-bond acceptors (Lipinski definition) is 6. The van der Waals surface area contributed by atoms with E-state index in [-0.39, 0.29) is 4.90 Å². The number of aromatic nitrogens is 1. The average molecular weight is 286 g/mol. The molecule has 1 atom stereocenters. The van der Waals surface area contributed by atoms with Gasteiger partial charge in [0, 0.05) is 32.0 Å².